The molecule has 78 valence electrons. The van der Waals surface area contributed by atoms with E-state index in [9.17, 15) is 0 Å². The molecule has 1 unspecified atom stereocenters. The van der Waals surface area contributed by atoms with Crippen molar-refractivity contribution >= 4 is 15.9 Å². The maximum atomic E-state index is 5.84. The number of aryl methyl sites for hydroxylation is 1. The first kappa shape index (κ1) is 11.6. The second kappa shape index (κ2) is 5.40. The molecule has 0 bridgehead atoms. The molecule has 0 saturated carbocycles. The summed E-state index contributed by atoms with van der Waals surface area (Å²) in [5, 5.41) is 0.985. The smallest absolute Gasteiger partial charge is 0.122 e. The molecule has 0 fully saturated rings. The van der Waals surface area contributed by atoms with E-state index in [1.165, 1.54) is 11.1 Å². The van der Waals surface area contributed by atoms with Gasteiger partial charge in [-0.25, -0.2) is 0 Å². The summed E-state index contributed by atoms with van der Waals surface area (Å²) in [4.78, 5) is 0. The summed E-state index contributed by atoms with van der Waals surface area (Å²) in [6.07, 6.45) is 1.31. The predicted octanol–water partition coefficient (Wildman–Crippen LogP) is 3.86. The number of alkyl halides is 1. The minimum Gasteiger partial charge on any atom is -0.490 e. The van der Waals surface area contributed by atoms with Crippen molar-refractivity contribution in [3.63, 3.8) is 0 Å². The average Bonchev–Trinajstić information content (AvgIpc) is 2.13. The standard InChI is InChI=1S/C12H17BrO/c1-9-5-4-6-12(11(9)3)14-10(2)7-8-13/h4-6,10H,7-8H2,1-3H3. The third-order valence-electron chi connectivity index (χ3n) is 2.40. The van der Waals surface area contributed by atoms with Crippen LogP contribution < -0.4 is 4.74 Å². The molecule has 0 spiro atoms. The van der Waals surface area contributed by atoms with Crippen LogP contribution in [0.15, 0.2) is 18.2 Å². The third kappa shape index (κ3) is 3.02. The zero-order valence-electron chi connectivity index (χ0n) is 9.01. The van der Waals surface area contributed by atoms with Crippen molar-refractivity contribution in [2.24, 2.45) is 0 Å². The van der Waals surface area contributed by atoms with Gasteiger partial charge in [-0.3, -0.25) is 0 Å². The summed E-state index contributed by atoms with van der Waals surface area (Å²) in [7, 11) is 0. The SMILES string of the molecule is Cc1cccc(OC(C)CCBr)c1C. The van der Waals surface area contributed by atoms with Crippen molar-refractivity contribution in [1.82, 2.24) is 0 Å². The highest BCUT2D eigenvalue weighted by molar-refractivity contribution is 9.09. The first-order valence-electron chi connectivity index (χ1n) is 4.94. The van der Waals surface area contributed by atoms with E-state index >= 15 is 0 Å². The molecule has 0 heterocycles. The van der Waals surface area contributed by atoms with Gasteiger partial charge in [-0.15, -0.1) is 0 Å². The zero-order valence-corrected chi connectivity index (χ0v) is 10.6. The van der Waals surface area contributed by atoms with Gasteiger partial charge in [-0.1, -0.05) is 28.1 Å². The van der Waals surface area contributed by atoms with Crippen LogP contribution in [0.3, 0.4) is 0 Å². The van der Waals surface area contributed by atoms with E-state index in [1.54, 1.807) is 0 Å². The van der Waals surface area contributed by atoms with E-state index in [0.29, 0.717) is 0 Å². The van der Waals surface area contributed by atoms with E-state index in [1.807, 2.05) is 12.1 Å². The van der Waals surface area contributed by atoms with Gasteiger partial charge in [0.25, 0.3) is 0 Å². The fraction of sp³-hybridized carbons (Fsp3) is 0.500. The fourth-order valence-electron chi connectivity index (χ4n) is 1.28. The quantitative estimate of drug-likeness (QED) is 0.744. The third-order valence-corrected chi connectivity index (χ3v) is 2.86. The predicted molar refractivity (Wildman–Crippen MR) is 64.4 cm³/mol. The van der Waals surface area contributed by atoms with E-state index < -0.39 is 0 Å². The molecule has 0 aromatic heterocycles. The summed E-state index contributed by atoms with van der Waals surface area (Å²) in [6.45, 7) is 6.31. The average molecular weight is 257 g/mol. The minimum absolute atomic E-state index is 0.273. The second-order valence-electron chi connectivity index (χ2n) is 3.60. The van der Waals surface area contributed by atoms with Crippen molar-refractivity contribution < 1.29 is 4.74 Å². The van der Waals surface area contributed by atoms with Crippen molar-refractivity contribution in [2.45, 2.75) is 33.3 Å². The normalized spacial score (nSPS) is 12.6. The van der Waals surface area contributed by atoms with Crippen LogP contribution in [0.4, 0.5) is 0 Å². The monoisotopic (exact) mass is 256 g/mol. The van der Waals surface area contributed by atoms with Gasteiger partial charge in [-0.2, -0.15) is 0 Å². The van der Waals surface area contributed by atoms with Gasteiger partial charge in [0.2, 0.25) is 0 Å². The Bertz CT molecular complexity index is 296. The Kier molecular flexibility index (Phi) is 4.46. The molecule has 1 atom stereocenters. The van der Waals surface area contributed by atoms with Crippen LogP contribution in [0.5, 0.6) is 5.75 Å². The first-order chi connectivity index (χ1) is 6.65. The summed E-state index contributed by atoms with van der Waals surface area (Å²) in [5.41, 5.74) is 2.53. The Labute approximate surface area is 94.6 Å². The van der Waals surface area contributed by atoms with Crippen molar-refractivity contribution in [2.75, 3.05) is 5.33 Å². The highest BCUT2D eigenvalue weighted by atomic mass is 79.9. The van der Waals surface area contributed by atoms with Gasteiger partial charge in [0.05, 0.1) is 6.10 Å². The van der Waals surface area contributed by atoms with Gasteiger partial charge >= 0.3 is 0 Å². The molecule has 1 aromatic carbocycles. The molecule has 1 aromatic rings. The van der Waals surface area contributed by atoms with Gasteiger partial charge in [0, 0.05) is 5.33 Å². The lowest BCUT2D eigenvalue weighted by Crippen LogP contribution is -2.12. The Hall–Kier alpha value is -0.500. The molecular weight excluding hydrogens is 240 g/mol. The Morgan fingerprint density at radius 2 is 2.07 bits per heavy atom. The molecular formula is C12H17BrO. The van der Waals surface area contributed by atoms with E-state index in [0.717, 1.165) is 17.5 Å². The number of hydrogen-bond donors (Lipinski definition) is 0. The molecule has 0 aliphatic heterocycles. The summed E-state index contributed by atoms with van der Waals surface area (Å²) in [5.74, 6) is 1.01. The van der Waals surface area contributed by atoms with Crippen molar-refractivity contribution in [3.05, 3.63) is 29.3 Å². The molecule has 0 aliphatic rings. The summed E-state index contributed by atoms with van der Waals surface area (Å²) < 4.78 is 5.84. The minimum atomic E-state index is 0.273. The van der Waals surface area contributed by atoms with Gasteiger partial charge in [0.1, 0.15) is 5.75 Å². The second-order valence-corrected chi connectivity index (χ2v) is 4.40. The molecule has 0 aliphatic carbocycles. The first-order valence-corrected chi connectivity index (χ1v) is 6.06. The highest BCUT2D eigenvalue weighted by Gasteiger charge is 2.06. The number of benzene rings is 1. The molecule has 2 heteroatoms. The van der Waals surface area contributed by atoms with Gasteiger partial charge < -0.3 is 4.74 Å². The molecule has 0 saturated heterocycles. The number of ether oxygens (including phenoxy) is 1. The van der Waals surface area contributed by atoms with Crippen LogP contribution in [0.1, 0.15) is 24.5 Å². The molecule has 1 nitrogen and oxygen atoms in total. The highest BCUT2D eigenvalue weighted by Crippen LogP contribution is 2.22. The van der Waals surface area contributed by atoms with E-state index in [2.05, 4.69) is 42.8 Å². The largest absolute Gasteiger partial charge is 0.490 e. The van der Waals surface area contributed by atoms with Crippen LogP contribution in [-0.4, -0.2) is 11.4 Å². The van der Waals surface area contributed by atoms with Crippen LogP contribution in [0.25, 0.3) is 0 Å². The Morgan fingerprint density at radius 3 is 2.71 bits per heavy atom. The number of halogens is 1. The Morgan fingerprint density at radius 1 is 1.36 bits per heavy atom. The van der Waals surface area contributed by atoms with Crippen LogP contribution in [0.2, 0.25) is 0 Å². The summed E-state index contributed by atoms with van der Waals surface area (Å²) >= 11 is 3.42. The van der Waals surface area contributed by atoms with Crippen LogP contribution in [-0.2, 0) is 0 Å². The van der Waals surface area contributed by atoms with Gasteiger partial charge in [0.15, 0.2) is 0 Å². The van der Waals surface area contributed by atoms with Crippen molar-refractivity contribution in [3.8, 4) is 5.75 Å². The topological polar surface area (TPSA) is 9.23 Å². The maximum absolute atomic E-state index is 5.84. The van der Waals surface area contributed by atoms with E-state index in [-0.39, 0.29) is 6.10 Å². The van der Waals surface area contributed by atoms with E-state index in [4.69, 9.17) is 4.74 Å². The number of rotatable bonds is 4. The van der Waals surface area contributed by atoms with Crippen LogP contribution >= 0.6 is 15.9 Å². The molecule has 14 heavy (non-hydrogen) atoms. The lowest BCUT2D eigenvalue weighted by atomic mass is 10.1. The Balaban J connectivity index is 2.71. The van der Waals surface area contributed by atoms with Gasteiger partial charge in [-0.05, 0) is 44.4 Å². The number of hydrogen-bond acceptors (Lipinski definition) is 1. The zero-order chi connectivity index (χ0) is 10.6. The molecule has 0 amide bonds. The summed E-state index contributed by atoms with van der Waals surface area (Å²) in [6, 6.07) is 6.18. The molecule has 0 N–H and O–H groups in total. The van der Waals surface area contributed by atoms with Crippen LogP contribution in [0, 0.1) is 13.8 Å². The molecule has 1 rings (SSSR count). The van der Waals surface area contributed by atoms with Crippen molar-refractivity contribution in [1.29, 1.82) is 0 Å². The maximum Gasteiger partial charge on any atom is 0.122 e. The lowest BCUT2D eigenvalue weighted by molar-refractivity contribution is 0.217. The lowest BCUT2D eigenvalue weighted by Gasteiger charge is -2.16. The molecule has 0 radical (unpaired) electrons. The fourth-order valence-corrected chi connectivity index (χ4v) is 1.93.